The van der Waals surface area contributed by atoms with Crippen molar-refractivity contribution in [3.63, 3.8) is 0 Å². The Kier molecular flexibility index (Phi) is 3.01. The van der Waals surface area contributed by atoms with Gasteiger partial charge in [-0.15, -0.1) is 0 Å². The topological polar surface area (TPSA) is 84.6 Å². The minimum absolute atomic E-state index is 0.0933. The van der Waals surface area contributed by atoms with E-state index in [0.717, 1.165) is 6.07 Å². The highest BCUT2D eigenvalue weighted by molar-refractivity contribution is 8.15. The molecule has 1 aromatic rings. The lowest BCUT2D eigenvalue weighted by Gasteiger charge is -2.35. The van der Waals surface area contributed by atoms with Crippen LogP contribution in [0.5, 0.6) is 0 Å². The third-order valence-corrected chi connectivity index (χ3v) is 6.04. The maximum atomic E-state index is 14.2. The Hall–Kier alpha value is -1.34. The summed E-state index contributed by atoms with van der Waals surface area (Å²) >= 11 is 1.31. The smallest absolute Gasteiger partial charge is 0.164 e. The first-order chi connectivity index (χ1) is 9.70. The average Bonchev–Trinajstić information content (AvgIpc) is 3.10. The third kappa shape index (κ3) is 1.94. The van der Waals surface area contributed by atoms with Crippen LogP contribution in [0, 0.1) is 17.6 Å². The van der Waals surface area contributed by atoms with Gasteiger partial charge in [0.1, 0.15) is 0 Å². The van der Waals surface area contributed by atoms with Crippen molar-refractivity contribution in [1.82, 2.24) is 0 Å². The number of hydrogen-bond acceptors (Lipinski definition) is 5. The van der Waals surface area contributed by atoms with Crippen molar-refractivity contribution in [2.45, 2.75) is 36.7 Å². The Morgan fingerprint density at radius 1 is 1.43 bits per heavy atom. The van der Waals surface area contributed by atoms with E-state index in [0.29, 0.717) is 6.42 Å². The number of hydrogen-bond donors (Lipinski definition) is 3. The molecule has 1 aromatic carbocycles. The maximum absolute atomic E-state index is 14.2. The zero-order valence-electron chi connectivity index (χ0n) is 11.7. The number of rotatable bonds is 2. The number of halogens is 2. The van der Waals surface area contributed by atoms with E-state index in [1.54, 1.807) is 13.8 Å². The number of aliphatic hydroxyl groups is 1. The predicted octanol–water partition coefficient (Wildman–Crippen LogP) is 1.96. The second-order valence-corrected chi connectivity index (χ2v) is 7.33. The second kappa shape index (κ2) is 4.33. The van der Waals surface area contributed by atoms with E-state index in [-0.39, 0.29) is 22.3 Å². The van der Waals surface area contributed by atoms with E-state index in [4.69, 9.17) is 11.5 Å². The van der Waals surface area contributed by atoms with Gasteiger partial charge in [-0.3, -0.25) is 4.99 Å². The highest BCUT2D eigenvalue weighted by Crippen LogP contribution is 2.67. The van der Waals surface area contributed by atoms with Crippen LogP contribution >= 0.6 is 11.8 Å². The van der Waals surface area contributed by atoms with Crippen molar-refractivity contribution < 1.29 is 13.9 Å². The molecule has 21 heavy (non-hydrogen) atoms. The lowest BCUT2D eigenvalue weighted by Crippen LogP contribution is -2.40. The summed E-state index contributed by atoms with van der Waals surface area (Å²) < 4.78 is 27.4. The Labute approximate surface area is 125 Å². The van der Waals surface area contributed by atoms with E-state index in [1.165, 1.54) is 17.8 Å². The van der Waals surface area contributed by atoms with Crippen LogP contribution in [-0.2, 0) is 5.54 Å². The van der Waals surface area contributed by atoms with E-state index in [9.17, 15) is 13.9 Å². The van der Waals surface area contributed by atoms with Crippen LogP contribution in [-0.4, -0.2) is 21.1 Å². The molecule has 0 bridgehead atoms. The van der Waals surface area contributed by atoms with Gasteiger partial charge in [0, 0.05) is 17.2 Å². The van der Waals surface area contributed by atoms with Crippen molar-refractivity contribution in [2.24, 2.45) is 16.6 Å². The summed E-state index contributed by atoms with van der Waals surface area (Å²) in [4.78, 5) is 4.36. The summed E-state index contributed by atoms with van der Waals surface area (Å²) in [6.45, 7) is 3.40. The summed E-state index contributed by atoms with van der Waals surface area (Å²) in [7, 11) is 0. The van der Waals surface area contributed by atoms with Crippen LogP contribution in [0.4, 0.5) is 14.5 Å². The van der Waals surface area contributed by atoms with Crippen LogP contribution in [0.3, 0.4) is 0 Å². The molecule has 0 saturated heterocycles. The highest BCUT2D eigenvalue weighted by Gasteiger charge is 2.68. The van der Waals surface area contributed by atoms with Crippen LogP contribution in [0.2, 0.25) is 0 Å². The van der Waals surface area contributed by atoms with Gasteiger partial charge in [-0.2, -0.15) is 0 Å². The molecule has 1 heterocycles. The fourth-order valence-electron chi connectivity index (χ4n) is 3.34. The number of thioether (sulfide) groups is 1. The van der Waals surface area contributed by atoms with Gasteiger partial charge in [-0.05, 0) is 32.4 Å². The van der Waals surface area contributed by atoms with Gasteiger partial charge >= 0.3 is 0 Å². The molecule has 5 N–H and O–H groups in total. The van der Waals surface area contributed by atoms with E-state index < -0.39 is 28.0 Å². The van der Waals surface area contributed by atoms with Crippen molar-refractivity contribution >= 4 is 22.6 Å². The molecule has 1 saturated carbocycles. The Bertz CT molecular complexity index is 651. The second-order valence-electron chi connectivity index (χ2n) is 5.95. The first-order valence-corrected chi connectivity index (χ1v) is 7.50. The van der Waals surface area contributed by atoms with Crippen LogP contribution < -0.4 is 11.5 Å². The van der Waals surface area contributed by atoms with Gasteiger partial charge in [0.2, 0.25) is 0 Å². The zero-order chi connectivity index (χ0) is 15.6. The monoisotopic (exact) mass is 313 g/mol. The van der Waals surface area contributed by atoms with E-state index in [2.05, 4.69) is 4.99 Å². The normalized spacial score (nSPS) is 35.9. The van der Waals surface area contributed by atoms with Gasteiger partial charge in [-0.1, -0.05) is 11.8 Å². The minimum atomic E-state index is -1.02. The maximum Gasteiger partial charge on any atom is 0.164 e. The molecular formula is C14H17F2N3OS. The number of benzene rings is 1. The first kappa shape index (κ1) is 14.6. The van der Waals surface area contributed by atoms with Crippen LogP contribution in [0.15, 0.2) is 17.1 Å². The SMILES string of the molecule is C[C@H](O)[C@]12CC1[C@@](C)(c1cc(N)cc(F)c1F)N=C(N)S2. The van der Waals surface area contributed by atoms with Crippen LogP contribution in [0.1, 0.15) is 25.8 Å². The molecule has 4 atom stereocenters. The molecule has 1 aliphatic carbocycles. The number of nitrogens with zero attached hydrogens (tertiary/aromatic N) is 1. The average molecular weight is 313 g/mol. The molecule has 4 nitrogen and oxygen atoms in total. The molecule has 2 aliphatic rings. The van der Waals surface area contributed by atoms with Gasteiger partial charge in [0.25, 0.3) is 0 Å². The summed E-state index contributed by atoms with van der Waals surface area (Å²) in [6, 6.07) is 2.35. The van der Waals surface area contributed by atoms with Crippen molar-refractivity contribution in [3.8, 4) is 0 Å². The fraction of sp³-hybridized carbons (Fsp3) is 0.500. The van der Waals surface area contributed by atoms with Crippen LogP contribution in [0.25, 0.3) is 0 Å². The van der Waals surface area contributed by atoms with Gasteiger partial charge in [-0.25, -0.2) is 8.78 Å². The van der Waals surface area contributed by atoms with Crippen molar-refractivity contribution in [1.29, 1.82) is 0 Å². The number of nitrogens with two attached hydrogens (primary N) is 2. The highest BCUT2D eigenvalue weighted by atomic mass is 32.2. The number of aliphatic imine (C=N–C) groups is 1. The van der Waals surface area contributed by atoms with Crippen molar-refractivity contribution in [2.75, 3.05) is 5.73 Å². The molecule has 0 amide bonds. The molecule has 3 rings (SSSR count). The quantitative estimate of drug-likeness (QED) is 0.729. The number of anilines is 1. The zero-order valence-corrected chi connectivity index (χ0v) is 12.5. The summed E-state index contributed by atoms with van der Waals surface area (Å²) in [6.07, 6.45) is 0.0288. The molecule has 0 aromatic heterocycles. The number of aliphatic hydroxyl groups excluding tert-OH is 1. The van der Waals surface area contributed by atoms with Crippen molar-refractivity contribution in [3.05, 3.63) is 29.3 Å². The molecular weight excluding hydrogens is 296 g/mol. The standard InChI is InChI=1S/C14H17F2N3OS/c1-6(20)14-5-10(14)13(2,19-12(18)21-14)8-3-7(17)4-9(15)11(8)16/h3-4,6,10,20H,5,17H2,1-2H3,(H2,18,19)/t6-,10?,13+,14+/m0/s1. The molecule has 0 radical (unpaired) electrons. The molecule has 114 valence electrons. The molecule has 1 aliphatic heterocycles. The minimum Gasteiger partial charge on any atom is -0.399 e. The molecule has 1 unspecified atom stereocenters. The van der Waals surface area contributed by atoms with Gasteiger partial charge in [0.05, 0.1) is 16.4 Å². The Morgan fingerprint density at radius 2 is 2.10 bits per heavy atom. The number of amidine groups is 1. The largest absolute Gasteiger partial charge is 0.399 e. The molecule has 0 spiro atoms. The number of nitrogen functional groups attached to an aromatic ring is 1. The lowest BCUT2D eigenvalue weighted by molar-refractivity contribution is 0.169. The Morgan fingerprint density at radius 3 is 2.71 bits per heavy atom. The van der Waals surface area contributed by atoms with E-state index >= 15 is 0 Å². The summed E-state index contributed by atoms with van der Waals surface area (Å²) in [5.74, 6) is -2.07. The number of fused-ring (bicyclic) bond motifs is 1. The lowest BCUT2D eigenvalue weighted by atomic mass is 9.84. The third-order valence-electron chi connectivity index (χ3n) is 4.57. The predicted molar refractivity (Wildman–Crippen MR) is 79.9 cm³/mol. The molecule has 1 fully saturated rings. The fourth-order valence-corrected chi connectivity index (χ4v) is 4.76. The van der Waals surface area contributed by atoms with Gasteiger partial charge in [0.15, 0.2) is 16.8 Å². The van der Waals surface area contributed by atoms with E-state index in [1.807, 2.05) is 0 Å². The molecule has 7 heteroatoms. The summed E-state index contributed by atoms with van der Waals surface area (Å²) in [5.41, 5.74) is 10.7. The Balaban J connectivity index is 2.16. The summed E-state index contributed by atoms with van der Waals surface area (Å²) in [5, 5.41) is 10.3. The first-order valence-electron chi connectivity index (χ1n) is 6.68. The van der Waals surface area contributed by atoms with Gasteiger partial charge < -0.3 is 16.6 Å².